The molecule has 0 saturated carbocycles. The number of nitrogens with zero attached hydrogens (tertiary/aromatic N) is 4. The van der Waals surface area contributed by atoms with Crippen molar-refractivity contribution in [2.24, 2.45) is 5.73 Å². The van der Waals surface area contributed by atoms with Crippen LogP contribution in [0.4, 0.5) is 0 Å². The Morgan fingerprint density at radius 2 is 2.03 bits per heavy atom. The second-order valence-corrected chi connectivity index (χ2v) is 10.1. The molecule has 202 valence electrons. The maximum Gasteiger partial charge on any atom is 0.253 e. The van der Waals surface area contributed by atoms with Crippen LogP contribution in [0.5, 0.6) is 0 Å². The van der Waals surface area contributed by atoms with Crippen molar-refractivity contribution in [2.45, 2.75) is 59.2 Å². The molecule has 4 rings (SSSR count). The number of aliphatic hydroxyl groups is 1. The van der Waals surface area contributed by atoms with Gasteiger partial charge < -0.3 is 26.0 Å². The second-order valence-electron chi connectivity index (χ2n) is 10.1. The number of nitrogens with one attached hydrogen (secondary N) is 2. The molecule has 1 aliphatic rings. The van der Waals surface area contributed by atoms with Crippen molar-refractivity contribution in [1.82, 2.24) is 30.0 Å². The molecule has 0 saturated heterocycles. The van der Waals surface area contributed by atoms with Gasteiger partial charge in [-0.25, -0.2) is 9.67 Å². The van der Waals surface area contributed by atoms with E-state index in [1.165, 1.54) is 0 Å². The number of pyridine rings is 2. The molecule has 4 heterocycles. The van der Waals surface area contributed by atoms with Crippen LogP contribution in [-0.2, 0) is 11.3 Å². The number of H-pyrrole nitrogens is 1. The van der Waals surface area contributed by atoms with Crippen molar-refractivity contribution in [2.75, 3.05) is 19.7 Å². The smallest absolute Gasteiger partial charge is 0.253 e. The minimum atomic E-state index is -0.575. The van der Waals surface area contributed by atoms with Gasteiger partial charge >= 0.3 is 0 Å². The fraction of sp³-hybridized carbons (Fsp3) is 0.444. The zero-order chi connectivity index (χ0) is 27.6. The van der Waals surface area contributed by atoms with Crippen molar-refractivity contribution in [1.29, 1.82) is 0 Å². The van der Waals surface area contributed by atoms with Gasteiger partial charge in [0.2, 0.25) is 5.91 Å². The molecule has 38 heavy (non-hydrogen) atoms. The topological polar surface area (TPSA) is 159 Å². The van der Waals surface area contributed by atoms with E-state index in [1.54, 1.807) is 21.8 Å². The first-order chi connectivity index (χ1) is 18.1. The first-order valence-electron chi connectivity index (χ1n) is 12.8. The average Bonchev–Trinajstić information content (AvgIpc) is 3.31. The number of aromatic amines is 1. The molecule has 0 fully saturated rings. The molecule has 3 aromatic heterocycles. The molecule has 3 aromatic rings. The van der Waals surface area contributed by atoms with Crippen molar-refractivity contribution in [3.8, 4) is 0 Å². The quantitative estimate of drug-likeness (QED) is 0.350. The third kappa shape index (κ3) is 5.68. The van der Waals surface area contributed by atoms with E-state index >= 15 is 0 Å². The van der Waals surface area contributed by atoms with Gasteiger partial charge in [-0.2, -0.15) is 5.10 Å². The zero-order valence-electron chi connectivity index (χ0n) is 22.2. The van der Waals surface area contributed by atoms with Crippen molar-refractivity contribution in [3.63, 3.8) is 0 Å². The first-order valence-corrected chi connectivity index (χ1v) is 12.8. The highest BCUT2D eigenvalue weighted by molar-refractivity contribution is 6.06. The van der Waals surface area contributed by atoms with Gasteiger partial charge in [-0.3, -0.25) is 14.4 Å². The van der Waals surface area contributed by atoms with Crippen LogP contribution in [0.2, 0.25) is 0 Å². The Morgan fingerprint density at radius 3 is 2.66 bits per heavy atom. The van der Waals surface area contributed by atoms with Gasteiger partial charge in [0.1, 0.15) is 0 Å². The Labute approximate surface area is 220 Å². The van der Waals surface area contributed by atoms with Gasteiger partial charge in [-0.15, -0.1) is 0 Å². The Bertz CT molecular complexity index is 1450. The molecule has 1 atom stereocenters. The maximum absolute atomic E-state index is 13.4. The molecule has 1 unspecified atom stereocenters. The summed E-state index contributed by atoms with van der Waals surface area (Å²) >= 11 is 0. The van der Waals surface area contributed by atoms with Crippen LogP contribution in [0, 0.1) is 13.8 Å². The van der Waals surface area contributed by atoms with Gasteiger partial charge in [0.25, 0.3) is 11.5 Å². The molecule has 5 N–H and O–H groups in total. The lowest BCUT2D eigenvalue weighted by molar-refractivity contribution is -0.131. The van der Waals surface area contributed by atoms with Gasteiger partial charge in [0, 0.05) is 49.4 Å². The average molecular weight is 522 g/mol. The largest absolute Gasteiger partial charge is 0.395 e. The Balaban J connectivity index is 1.64. The summed E-state index contributed by atoms with van der Waals surface area (Å²) < 4.78 is 1.78. The van der Waals surface area contributed by atoms with Crippen LogP contribution in [0.15, 0.2) is 29.2 Å². The summed E-state index contributed by atoms with van der Waals surface area (Å²) in [6.45, 7) is 8.39. The van der Waals surface area contributed by atoms with E-state index in [4.69, 9.17) is 15.8 Å². The Hall–Kier alpha value is -3.83. The summed E-state index contributed by atoms with van der Waals surface area (Å²) in [4.78, 5) is 47.6. The van der Waals surface area contributed by atoms with Crippen LogP contribution in [0.25, 0.3) is 16.6 Å². The summed E-state index contributed by atoms with van der Waals surface area (Å²) in [5.41, 5.74) is 10.2. The molecule has 11 nitrogen and oxygen atoms in total. The molecule has 0 aromatic carbocycles. The number of aromatic nitrogens is 4. The standard InChI is InChI=1S/C27H35N7O4/c1-15(2)34-25-22(13-30-34)20(26(37)29-12-21-16(3)9-17(4)31-27(21)38)11-23(32-25)18-5-7-33(8-6-18)24(36)10-19(28)14-35/h5,9,11,13,15,19,35H,6-8,10,12,14,28H2,1-4H3,(H,29,37)(H,31,38). The Morgan fingerprint density at radius 1 is 1.26 bits per heavy atom. The van der Waals surface area contributed by atoms with Crippen LogP contribution >= 0.6 is 0 Å². The molecular formula is C27H35N7O4. The lowest BCUT2D eigenvalue weighted by atomic mass is 10.0. The highest BCUT2D eigenvalue weighted by Crippen LogP contribution is 2.27. The highest BCUT2D eigenvalue weighted by Gasteiger charge is 2.23. The SMILES string of the molecule is Cc1cc(C)c(CNC(=O)c2cc(C3=CCN(C(=O)CC(N)CO)CC3)nc3c2cnn3C(C)C)c(=O)[nH]1. The van der Waals surface area contributed by atoms with E-state index in [0.717, 1.165) is 16.8 Å². The molecule has 0 spiro atoms. The number of aryl methyl sites for hydroxylation is 2. The fourth-order valence-electron chi connectivity index (χ4n) is 4.66. The van der Waals surface area contributed by atoms with Gasteiger partial charge in [-0.1, -0.05) is 6.08 Å². The minimum Gasteiger partial charge on any atom is -0.395 e. The number of hydrogen-bond donors (Lipinski definition) is 4. The van der Waals surface area contributed by atoms with E-state index in [1.807, 2.05) is 39.8 Å². The molecule has 1 aliphatic heterocycles. The van der Waals surface area contributed by atoms with Crippen LogP contribution in [0.1, 0.15) is 65.6 Å². The number of carbonyl (C=O) groups is 2. The van der Waals surface area contributed by atoms with Crippen LogP contribution < -0.4 is 16.6 Å². The van der Waals surface area contributed by atoms with E-state index in [-0.39, 0.29) is 43.0 Å². The summed E-state index contributed by atoms with van der Waals surface area (Å²) in [5.74, 6) is -0.433. The number of nitrogens with two attached hydrogens (primary N) is 1. The monoisotopic (exact) mass is 521 g/mol. The Kier molecular flexibility index (Phi) is 8.08. The lowest BCUT2D eigenvalue weighted by Gasteiger charge is -2.27. The van der Waals surface area contributed by atoms with Gasteiger partial charge in [-0.05, 0) is 57.4 Å². The van der Waals surface area contributed by atoms with Crippen LogP contribution in [-0.4, -0.2) is 67.3 Å². The predicted molar refractivity (Wildman–Crippen MR) is 144 cm³/mol. The normalized spacial score (nSPS) is 14.6. The molecular weight excluding hydrogens is 486 g/mol. The molecule has 0 aliphatic carbocycles. The van der Waals surface area contributed by atoms with Gasteiger partial charge in [0.05, 0.1) is 29.4 Å². The fourth-order valence-corrected chi connectivity index (χ4v) is 4.66. The predicted octanol–water partition coefficient (Wildman–Crippen LogP) is 1.57. The molecule has 0 radical (unpaired) electrons. The number of rotatable bonds is 8. The van der Waals surface area contributed by atoms with Crippen molar-refractivity contribution < 1.29 is 14.7 Å². The van der Waals surface area contributed by atoms with E-state index in [0.29, 0.717) is 47.4 Å². The number of amides is 2. The number of carbonyl (C=O) groups excluding carboxylic acids is 2. The van der Waals surface area contributed by atoms with E-state index in [2.05, 4.69) is 15.4 Å². The van der Waals surface area contributed by atoms with Crippen molar-refractivity contribution in [3.05, 3.63) is 62.8 Å². The number of hydrogen-bond acceptors (Lipinski definition) is 7. The molecule has 0 bridgehead atoms. The first kappa shape index (κ1) is 27.2. The highest BCUT2D eigenvalue weighted by atomic mass is 16.3. The molecule has 2 amide bonds. The third-order valence-electron chi connectivity index (χ3n) is 6.78. The summed E-state index contributed by atoms with van der Waals surface area (Å²) in [6, 6.07) is 3.08. The van der Waals surface area contributed by atoms with Crippen LogP contribution in [0.3, 0.4) is 0 Å². The van der Waals surface area contributed by atoms with E-state index < -0.39 is 6.04 Å². The summed E-state index contributed by atoms with van der Waals surface area (Å²) in [7, 11) is 0. The van der Waals surface area contributed by atoms with Crippen molar-refractivity contribution >= 4 is 28.4 Å². The second kappa shape index (κ2) is 11.3. The third-order valence-corrected chi connectivity index (χ3v) is 6.78. The zero-order valence-corrected chi connectivity index (χ0v) is 22.2. The minimum absolute atomic E-state index is 0.0316. The van der Waals surface area contributed by atoms with Gasteiger partial charge in [0.15, 0.2) is 5.65 Å². The summed E-state index contributed by atoms with van der Waals surface area (Å²) in [5, 5.41) is 17.1. The number of fused-ring (bicyclic) bond motifs is 1. The summed E-state index contributed by atoms with van der Waals surface area (Å²) in [6.07, 6.45) is 4.23. The van der Waals surface area contributed by atoms with E-state index in [9.17, 15) is 14.4 Å². The number of aliphatic hydroxyl groups excluding tert-OH is 1. The lowest BCUT2D eigenvalue weighted by Crippen LogP contribution is -2.39. The molecule has 11 heteroatoms. The maximum atomic E-state index is 13.4.